The Morgan fingerprint density at radius 1 is 1.45 bits per heavy atom. The van der Waals surface area contributed by atoms with Gasteiger partial charge in [-0.05, 0) is 12.1 Å². The zero-order valence-corrected chi connectivity index (χ0v) is 12.1. The van der Waals surface area contributed by atoms with E-state index in [9.17, 15) is 13.2 Å². The van der Waals surface area contributed by atoms with Gasteiger partial charge in [-0.3, -0.25) is 4.79 Å². The van der Waals surface area contributed by atoms with Crippen LogP contribution < -0.4 is 0 Å². The van der Waals surface area contributed by atoms with Gasteiger partial charge < -0.3 is 10.0 Å². The molecule has 1 aromatic rings. The molecule has 20 heavy (non-hydrogen) atoms. The highest BCUT2D eigenvalue weighted by molar-refractivity contribution is 7.90. The molecule has 0 saturated heterocycles. The lowest BCUT2D eigenvalue weighted by molar-refractivity contribution is 0.0797. The van der Waals surface area contributed by atoms with E-state index in [-0.39, 0.29) is 30.5 Å². The smallest absolute Gasteiger partial charge is 0.272 e. The van der Waals surface area contributed by atoms with Crippen molar-refractivity contribution in [1.82, 2.24) is 9.88 Å². The Kier molecular flexibility index (Phi) is 5.67. The van der Waals surface area contributed by atoms with Crippen molar-refractivity contribution in [2.45, 2.75) is 0 Å². The number of pyridine rings is 1. The van der Waals surface area contributed by atoms with E-state index in [0.29, 0.717) is 5.56 Å². The van der Waals surface area contributed by atoms with Crippen LogP contribution in [0, 0.1) is 11.8 Å². The van der Waals surface area contributed by atoms with Crippen LogP contribution in [0.25, 0.3) is 0 Å². The highest BCUT2D eigenvalue weighted by Crippen LogP contribution is 2.03. The van der Waals surface area contributed by atoms with Crippen LogP contribution in [0.2, 0.25) is 0 Å². The molecule has 0 aliphatic carbocycles. The summed E-state index contributed by atoms with van der Waals surface area (Å²) in [5.41, 5.74) is 0.810. The third-order valence-corrected chi connectivity index (χ3v) is 3.36. The third-order valence-electron chi connectivity index (χ3n) is 2.44. The van der Waals surface area contributed by atoms with Crippen molar-refractivity contribution in [3.63, 3.8) is 0 Å². The summed E-state index contributed by atoms with van der Waals surface area (Å²) in [5.74, 6) is 4.70. The number of aliphatic hydroxyl groups excluding tert-OH is 1. The predicted molar refractivity (Wildman–Crippen MR) is 74.9 cm³/mol. The Balaban J connectivity index is 2.72. The van der Waals surface area contributed by atoms with E-state index in [1.54, 1.807) is 6.07 Å². The second kappa shape index (κ2) is 7.03. The lowest BCUT2D eigenvalue weighted by Gasteiger charge is -2.15. The van der Waals surface area contributed by atoms with Crippen molar-refractivity contribution in [2.24, 2.45) is 0 Å². The number of carbonyl (C=O) groups is 1. The van der Waals surface area contributed by atoms with E-state index in [1.807, 2.05) is 0 Å². The lowest BCUT2D eigenvalue weighted by atomic mass is 10.2. The minimum atomic E-state index is -3.11. The third kappa shape index (κ3) is 5.38. The first-order valence-electron chi connectivity index (χ1n) is 5.82. The summed E-state index contributed by atoms with van der Waals surface area (Å²) in [6.45, 7) is -0.125. The van der Waals surface area contributed by atoms with Gasteiger partial charge in [0, 0.05) is 31.6 Å². The van der Waals surface area contributed by atoms with Crippen LogP contribution in [0.5, 0.6) is 0 Å². The molecule has 0 aromatic carbocycles. The van der Waals surface area contributed by atoms with E-state index in [0.717, 1.165) is 6.26 Å². The molecule has 1 rings (SSSR count). The van der Waals surface area contributed by atoms with Crippen LogP contribution in [0.3, 0.4) is 0 Å². The van der Waals surface area contributed by atoms with Gasteiger partial charge in [0.05, 0.1) is 5.75 Å². The Bertz CT molecular complexity index is 627. The number of aliphatic hydroxyl groups is 1. The summed E-state index contributed by atoms with van der Waals surface area (Å²) in [7, 11) is -1.59. The summed E-state index contributed by atoms with van der Waals surface area (Å²) in [6.07, 6.45) is 2.55. The predicted octanol–water partition coefficient (Wildman–Crippen LogP) is -0.458. The Labute approximate surface area is 118 Å². The summed E-state index contributed by atoms with van der Waals surface area (Å²) in [4.78, 5) is 17.3. The lowest BCUT2D eigenvalue weighted by Crippen LogP contribution is -2.31. The molecule has 0 atom stereocenters. The number of nitrogens with zero attached hydrogens (tertiary/aromatic N) is 2. The molecule has 0 aliphatic heterocycles. The first-order chi connectivity index (χ1) is 9.33. The first-order valence-corrected chi connectivity index (χ1v) is 7.88. The van der Waals surface area contributed by atoms with Gasteiger partial charge in [-0.2, -0.15) is 0 Å². The number of hydrogen-bond acceptors (Lipinski definition) is 5. The van der Waals surface area contributed by atoms with Gasteiger partial charge in [-0.15, -0.1) is 0 Å². The highest BCUT2D eigenvalue weighted by atomic mass is 32.2. The monoisotopic (exact) mass is 296 g/mol. The molecule has 1 heterocycles. The molecule has 0 saturated carbocycles. The molecule has 0 bridgehead atoms. The van der Waals surface area contributed by atoms with E-state index in [2.05, 4.69) is 16.8 Å². The van der Waals surface area contributed by atoms with E-state index >= 15 is 0 Å². The van der Waals surface area contributed by atoms with Crippen LogP contribution in [-0.2, 0) is 9.84 Å². The van der Waals surface area contributed by atoms with Crippen molar-refractivity contribution in [3.8, 4) is 11.8 Å². The Morgan fingerprint density at radius 2 is 2.15 bits per heavy atom. The van der Waals surface area contributed by atoms with Gasteiger partial charge in [0.15, 0.2) is 0 Å². The zero-order valence-electron chi connectivity index (χ0n) is 11.3. The molecule has 0 aliphatic rings. The molecule has 0 spiro atoms. The minimum Gasteiger partial charge on any atom is -0.384 e. The average molecular weight is 296 g/mol. The van der Waals surface area contributed by atoms with Gasteiger partial charge in [0.2, 0.25) is 0 Å². The fraction of sp³-hybridized carbons (Fsp3) is 0.385. The number of hydrogen-bond donors (Lipinski definition) is 1. The molecule has 108 valence electrons. The fourth-order valence-corrected chi connectivity index (χ4v) is 1.94. The number of sulfone groups is 1. The summed E-state index contributed by atoms with van der Waals surface area (Å²) in [6, 6.07) is 3.13. The second-order valence-corrected chi connectivity index (χ2v) is 6.51. The van der Waals surface area contributed by atoms with Gasteiger partial charge in [0.1, 0.15) is 22.1 Å². The molecular weight excluding hydrogens is 280 g/mol. The van der Waals surface area contributed by atoms with Crippen LogP contribution in [0.15, 0.2) is 18.3 Å². The molecule has 1 amide bonds. The molecule has 0 radical (unpaired) electrons. The molecule has 1 aromatic heterocycles. The van der Waals surface area contributed by atoms with Crippen LogP contribution >= 0.6 is 0 Å². The summed E-state index contributed by atoms with van der Waals surface area (Å²) in [5, 5.41) is 8.56. The number of aromatic nitrogens is 1. The van der Waals surface area contributed by atoms with Crippen molar-refractivity contribution in [3.05, 3.63) is 29.6 Å². The van der Waals surface area contributed by atoms with Gasteiger partial charge in [0.25, 0.3) is 5.91 Å². The zero-order chi connectivity index (χ0) is 15.2. The largest absolute Gasteiger partial charge is 0.384 e. The van der Waals surface area contributed by atoms with Gasteiger partial charge in [-0.25, -0.2) is 13.4 Å². The second-order valence-electron chi connectivity index (χ2n) is 4.25. The Hall–Kier alpha value is -1.91. The van der Waals surface area contributed by atoms with Crippen LogP contribution in [0.1, 0.15) is 16.1 Å². The van der Waals surface area contributed by atoms with E-state index in [4.69, 9.17) is 5.11 Å². The first kappa shape index (κ1) is 16.1. The van der Waals surface area contributed by atoms with Crippen molar-refractivity contribution in [2.75, 3.05) is 32.2 Å². The van der Waals surface area contributed by atoms with Crippen molar-refractivity contribution in [1.29, 1.82) is 0 Å². The van der Waals surface area contributed by atoms with Gasteiger partial charge in [-0.1, -0.05) is 11.8 Å². The van der Waals surface area contributed by atoms with Crippen molar-refractivity contribution >= 4 is 15.7 Å². The fourth-order valence-electron chi connectivity index (χ4n) is 1.34. The summed E-state index contributed by atoms with van der Waals surface area (Å²) >= 11 is 0. The minimum absolute atomic E-state index is 0.0880. The Morgan fingerprint density at radius 3 is 2.65 bits per heavy atom. The number of rotatable bonds is 4. The maximum absolute atomic E-state index is 12.0. The van der Waals surface area contributed by atoms with Crippen LogP contribution in [0.4, 0.5) is 0 Å². The summed E-state index contributed by atoms with van der Waals surface area (Å²) < 4.78 is 22.1. The topological polar surface area (TPSA) is 87.6 Å². The molecular formula is C13H16N2O4S. The maximum atomic E-state index is 12.0. The molecule has 7 heteroatoms. The van der Waals surface area contributed by atoms with Gasteiger partial charge >= 0.3 is 0 Å². The maximum Gasteiger partial charge on any atom is 0.272 e. The van der Waals surface area contributed by atoms with Crippen LogP contribution in [-0.4, -0.2) is 61.5 Å². The molecule has 0 fully saturated rings. The van der Waals surface area contributed by atoms with E-state index in [1.165, 1.54) is 24.2 Å². The average Bonchev–Trinajstić information content (AvgIpc) is 2.41. The SMILES string of the molecule is CN(CCS(C)(=O)=O)C(=O)c1ccc(C#CCO)cn1. The quantitative estimate of drug-likeness (QED) is 0.760. The molecule has 0 unspecified atom stereocenters. The normalized spacial score (nSPS) is 10.6. The molecule has 6 nitrogen and oxygen atoms in total. The standard InChI is InChI=1S/C13H16N2O4S/c1-15(7-9-20(2,18)19)13(17)12-6-5-11(10-14-12)4-3-8-16/h5-6,10,16H,7-9H2,1-2H3. The van der Waals surface area contributed by atoms with Crippen molar-refractivity contribution < 1.29 is 18.3 Å². The number of carbonyl (C=O) groups excluding carboxylic acids is 1. The highest BCUT2D eigenvalue weighted by Gasteiger charge is 2.14. The van der Waals surface area contributed by atoms with E-state index < -0.39 is 9.84 Å². The molecule has 1 N–H and O–H groups in total. The number of amides is 1.